The maximum absolute atomic E-state index is 13.3. The van der Waals surface area contributed by atoms with Crippen LogP contribution in [0.2, 0.25) is 0 Å². The number of carbonyl (C=O) groups excluding carboxylic acids is 1. The second-order valence-corrected chi connectivity index (χ2v) is 6.65. The van der Waals surface area contributed by atoms with E-state index in [1.165, 1.54) is 6.92 Å². The van der Waals surface area contributed by atoms with Crippen LogP contribution in [0.4, 0.5) is 22.0 Å². The van der Waals surface area contributed by atoms with Gasteiger partial charge in [0.1, 0.15) is 12.4 Å². The minimum Gasteiger partial charge on any atom is -0.489 e. The molecule has 1 aromatic rings. The summed E-state index contributed by atoms with van der Waals surface area (Å²) in [6.07, 6.45) is -3.06. The van der Waals surface area contributed by atoms with Crippen LogP contribution in [-0.4, -0.2) is 24.4 Å². The van der Waals surface area contributed by atoms with Gasteiger partial charge in [-0.05, 0) is 46.8 Å². The molecule has 0 saturated carbocycles. The largest absolute Gasteiger partial charge is 0.573 e. The summed E-state index contributed by atoms with van der Waals surface area (Å²) in [7, 11) is 0. The highest BCUT2D eigenvalue weighted by Gasteiger charge is 2.32. The summed E-state index contributed by atoms with van der Waals surface area (Å²) in [5.74, 6) is -3.92. The molecule has 1 N–H and O–H groups in total. The number of nitrogens with zero attached hydrogens (tertiary/aromatic N) is 1. The third-order valence-corrected chi connectivity index (χ3v) is 3.94. The minimum atomic E-state index is -4.92. The first-order chi connectivity index (χ1) is 13.4. The van der Waals surface area contributed by atoms with Gasteiger partial charge in [-0.15, -0.1) is 13.2 Å². The van der Waals surface area contributed by atoms with Gasteiger partial charge in [0.25, 0.3) is 5.91 Å². The number of amides is 1. The van der Waals surface area contributed by atoms with E-state index in [-0.39, 0.29) is 15.8 Å². The lowest BCUT2D eigenvalue weighted by Gasteiger charge is -2.24. The topological polar surface area (TPSA) is 71.3 Å². The molecule has 2 rings (SSSR count). The van der Waals surface area contributed by atoms with Crippen molar-refractivity contribution in [3.63, 3.8) is 0 Å². The Hall–Kier alpha value is -3.05. The third-order valence-electron chi connectivity index (χ3n) is 3.32. The fourth-order valence-corrected chi connectivity index (χ4v) is 2.37. The van der Waals surface area contributed by atoms with E-state index < -0.39 is 41.8 Å². The Morgan fingerprint density at radius 3 is 2.45 bits per heavy atom. The van der Waals surface area contributed by atoms with Gasteiger partial charge in [-0.2, -0.15) is 5.26 Å². The molecule has 29 heavy (non-hydrogen) atoms. The maximum atomic E-state index is 13.3. The summed E-state index contributed by atoms with van der Waals surface area (Å²) in [4.78, 5) is 12.2. The van der Waals surface area contributed by atoms with Crippen LogP contribution in [0, 0.1) is 23.0 Å². The molecule has 0 heterocycles. The van der Waals surface area contributed by atoms with Crippen molar-refractivity contribution < 1.29 is 36.2 Å². The molecule has 0 fully saturated rings. The first-order valence-corrected chi connectivity index (χ1v) is 8.42. The molecule has 1 unspecified atom stereocenters. The molecule has 0 radical (unpaired) electrons. The fourth-order valence-electron chi connectivity index (χ4n) is 1.94. The molecule has 0 bridgehead atoms. The van der Waals surface area contributed by atoms with Gasteiger partial charge in [0.2, 0.25) is 0 Å². The number of hydrogen-bond acceptors (Lipinski definition) is 4. The van der Waals surface area contributed by atoms with Gasteiger partial charge >= 0.3 is 6.36 Å². The number of nitrogens with one attached hydrogen (secondary N) is 1. The highest BCUT2D eigenvalue weighted by molar-refractivity contribution is 9.10. The normalized spacial score (nSPS) is 15.0. The summed E-state index contributed by atoms with van der Waals surface area (Å²) >= 11 is 2.98. The monoisotopic (exact) mass is 476 g/mol. The number of hydrogen-bond donors (Lipinski definition) is 1. The molecule has 11 heteroatoms. The first kappa shape index (κ1) is 22.2. The molecule has 0 aromatic heterocycles. The van der Waals surface area contributed by atoms with E-state index >= 15 is 0 Å². The van der Waals surface area contributed by atoms with Crippen molar-refractivity contribution >= 4 is 21.8 Å². The number of halogens is 6. The second-order valence-electron chi connectivity index (χ2n) is 5.79. The molecule has 1 aliphatic carbocycles. The summed E-state index contributed by atoms with van der Waals surface area (Å²) in [6.45, 7) is 0.849. The van der Waals surface area contributed by atoms with E-state index in [2.05, 4.69) is 31.7 Å². The summed E-state index contributed by atoms with van der Waals surface area (Å²) in [5.41, 5.74) is 2.39. The molecule has 0 aliphatic heterocycles. The zero-order chi connectivity index (χ0) is 21.8. The Morgan fingerprint density at radius 2 is 1.90 bits per heavy atom. The van der Waals surface area contributed by atoms with Crippen molar-refractivity contribution in [2.24, 2.45) is 0 Å². The Morgan fingerprint density at radius 1 is 1.24 bits per heavy atom. The Kier molecular flexibility index (Phi) is 6.55. The minimum absolute atomic E-state index is 0.0891. The van der Waals surface area contributed by atoms with Gasteiger partial charge in [-0.1, -0.05) is 5.73 Å². The van der Waals surface area contributed by atoms with Crippen LogP contribution in [0.15, 0.2) is 51.6 Å². The number of carbonyl (C=O) groups is 1. The third kappa shape index (κ3) is 6.22. The average Bonchev–Trinajstić information content (AvgIpc) is 2.63. The molecule has 152 valence electrons. The molecule has 1 aromatic carbocycles. The quantitative estimate of drug-likeness (QED) is 0.380. The summed E-state index contributed by atoms with van der Waals surface area (Å²) in [5, 5.41) is 11.7. The standard InChI is InChI=1S/C18H10BrF5N2O3/c1-17(8-25,9-28-15-7-14(21)13(20)6-12(15)19)26-16(27)10-2-4-11(5-3-10)29-18(22,23)24/h2,4,6-7H,9H2,1H3,(H,26,27). The summed E-state index contributed by atoms with van der Waals surface area (Å²) < 4.78 is 71.9. The van der Waals surface area contributed by atoms with E-state index in [4.69, 9.17) is 4.74 Å². The van der Waals surface area contributed by atoms with Gasteiger partial charge in [-0.3, -0.25) is 4.79 Å². The number of ether oxygens (including phenoxy) is 2. The number of alkyl halides is 3. The summed E-state index contributed by atoms with van der Waals surface area (Å²) in [6, 6.07) is 3.40. The van der Waals surface area contributed by atoms with Gasteiger partial charge < -0.3 is 14.8 Å². The van der Waals surface area contributed by atoms with E-state index in [0.717, 1.165) is 24.3 Å². The zero-order valence-corrected chi connectivity index (χ0v) is 16.0. The highest BCUT2D eigenvalue weighted by Crippen LogP contribution is 2.28. The Balaban J connectivity index is 2.12. The predicted octanol–water partition coefficient (Wildman–Crippen LogP) is 4.18. The lowest BCUT2D eigenvalue weighted by atomic mass is 10.0. The first-order valence-electron chi connectivity index (χ1n) is 7.63. The Labute approximate surface area is 169 Å². The van der Waals surface area contributed by atoms with Crippen LogP contribution in [0.25, 0.3) is 0 Å². The van der Waals surface area contributed by atoms with Crippen molar-refractivity contribution in [2.75, 3.05) is 6.61 Å². The van der Waals surface area contributed by atoms with Crippen molar-refractivity contribution in [2.45, 2.75) is 18.8 Å². The van der Waals surface area contributed by atoms with Gasteiger partial charge in [-0.25, -0.2) is 8.78 Å². The predicted molar refractivity (Wildman–Crippen MR) is 92.0 cm³/mol. The van der Waals surface area contributed by atoms with E-state index in [9.17, 15) is 32.0 Å². The van der Waals surface area contributed by atoms with Crippen LogP contribution in [-0.2, 0) is 9.53 Å². The van der Waals surface area contributed by atoms with Gasteiger partial charge in [0.15, 0.2) is 22.9 Å². The molecule has 1 amide bonds. The van der Waals surface area contributed by atoms with Gasteiger partial charge in [0, 0.05) is 6.07 Å². The van der Waals surface area contributed by atoms with E-state index in [1.807, 2.05) is 5.73 Å². The van der Waals surface area contributed by atoms with Gasteiger partial charge in [0.05, 0.1) is 16.1 Å². The lowest BCUT2D eigenvalue weighted by Crippen LogP contribution is -2.49. The number of benzene rings is 1. The molecular formula is C18H10BrF5N2O3. The number of allylic oxidation sites excluding steroid dienone is 1. The highest BCUT2D eigenvalue weighted by atomic mass is 79.9. The van der Waals surface area contributed by atoms with Crippen molar-refractivity contribution in [1.29, 1.82) is 5.26 Å². The SMILES string of the molecule is CC(C#N)(COc1cc(F)c(F)cc1Br)NC(=O)C1=C=C=C(OC(F)(F)F)C=C1. The van der Waals surface area contributed by atoms with Crippen LogP contribution in [0.1, 0.15) is 6.92 Å². The van der Waals surface area contributed by atoms with E-state index in [1.54, 1.807) is 6.07 Å². The molecule has 0 spiro atoms. The van der Waals surface area contributed by atoms with Crippen LogP contribution in [0.5, 0.6) is 5.75 Å². The molecule has 0 saturated heterocycles. The smallest absolute Gasteiger partial charge is 0.489 e. The van der Waals surface area contributed by atoms with Crippen LogP contribution < -0.4 is 10.1 Å². The maximum Gasteiger partial charge on any atom is 0.573 e. The molecule has 5 nitrogen and oxygen atoms in total. The molecular weight excluding hydrogens is 467 g/mol. The van der Waals surface area contributed by atoms with Crippen LogP contribution >= 0.6 is 15.9 Å². The Bertz CT molecular complexity index is 1020. The lowest BCUT2D eigenvalue weighted by molar-refractivity contribution is -0.303. The second kappa shape index (κ2) is 8.53. The van der Waals surface area contributed by atoms with E-state index in [0.29, 0.717) is 0 Å². The zero-order valence-electron chi connectivity index (χ0n) is 14.5. The van der Waals surface area contributed by atoms with Crippen molar-refractivity contribution in [3.05, 3.63) is 63.2 Å². The fraction of sp³-hybridized carbons (Fsp3) is 0.222. The number of nitriles is 1. The van der Waals surface area contributed by atoms with Crippen molar-refractivity contribution in [1.82, 2.24) is 5.32 Å². The number of rotatable bonds is 6. The van der Waals surface area contributed by atoms with Crippen molar-refractivity contribution in [3.8, 4) is 11.8 Å². The average molecular weight is 477 g/mol. The molecule has 1 aliphatic rings. The molecule has 1 atom stereocenters. The van der Waals surface area contributed by atoms with Crippen LogP contribution in [0.3, 0.4) is 0 Å².